The zero-order valence-electron chi connectivity index (χ0n) is 18.6. The van der Waals surface area contributed by atoms with Crippen LogP contribution in [-0.2, 0) is 4.74 Å². The molecule has 5 rings (SSSR count). The molecule has 0 bridgehead atoms. The van der Waals surface area contributed by atoms with Crippen LogP contribution in [0, 0.1) is 0 Å². The minimum Gasteiger partial charge on any atom is -0.405 e. The molecular weight excluding hydrogens is 500 g/mol. The molecule has 1 spiro atoms. The van der Waals surface area contributed by atoms with Crippen LogP contribution >= 0.6 is 24.8 Å². The topological polar surface area (TPSA) is 43.4 Å². The Morgan fingerprint density at radius 2 is 1.71 bits per heavy atom. The summed E-state index contributed by atoms with van der Waals surface area (Å²) in [5.41, 5.74) is 3.18. The fraction of sp³-hybridized carbons (Fsp3) is 0.269. The number of ether oxygens (including phenoxy) is 2. The highest BCUT2D eigenvalue weighted by Crippen LogP contribution is 2.46. The SMILES string of the molecule is Cl.Cl.FC(F)(F)Oc1ccc(-c2ccncc2)cc1C1=C[C@@]2(CCCN[C@H]2c2ccccc2)OC1. The minimum atomic E-state index is -4.79. The van der Waals surface area contributed by atoms with Crippen molar-refractivity contribution in [2.45, 2.75) is 30.8 Å². The van der Waals surface area contributed by atoms with Crippen LogP contribution in [0.5, 0.6) is 5.75 Å². The van der Waals surface area contributed by atoms with E-state index < -0.39 is 12.0 Å². The number of hydrogen-bond acceptors (Lipinski definition) is 4. The Kier molecular flexibility index (Phi) is 8.49. The second kappa shape index (κ2) is 11.0. The molecule has 3 heterocycles. The Morgan fingerprint density at radius 1 is 0.971 bits per heavy atom. The molecule has 2 aromatic carbocycles. The monoisotopic (exact) mass is 524 g/mol. The highest BCUT2D eigenvalue weighted by atomic mass is 35.5. The van der Waals surface area contributed by atoms with Crippen LogP contribution in [0.15, 0.2) is 79.1 Å². The second-order valence-corrected chi connectivity index (χ2v) is 8.31. The lowest BCUT2D eigenvalue weighted by molar-refractivity contribution is -0.274. The normalized spacial score (nSPS) is 21.6. The Morgan fingerprint density at radius 3 is 2.43 bits per heavy atom. The van der Waals surface area contributed by atoms with E-state index in [9.17, 15) is 13.2 Å². The van der Waals surface area contributed by atoms with Gasteiger partial charge in [-0.05, 0) is 72.0 Å². The molecule has 1 N–H and O–H groups in total. The van der Waals surface area contributed by atoms with E-state index in [1.165, 1.54) is 6.07 Å². The van der Waals surface area contributed by atoms with Crippen LogP contribution in [0.1, 0.15) is 30.0 Å². The van der Waals surface area contributed by atoms with Gasteiger partial charge in [-0.2, -0.15) is 0 Å². The molecule has 4 nitrogen and oxygen atoms in total. The summed E-state index contributed by atoms with van der Waals surface area (Å²) in [7, 11) is 0. The third kappa shape index (κ3) is 5.81. The number of benzene rings is 2. The number of aromatic nitrogens is 1. The average Bonchev–Trinajstić information content (AvgIpc) is 3.23. The van der Waals surface area contributed by atoms with Crippen LogP contribution in [0.25, 0.3) is 16.7 Å². The van der Waals surface area contributed by atoms with Crippen molar-refractivity contribution < 1.29 is 22.6 Å². The summed E-state index contributed by atoms with van der Waals surface area (Å²) in [6, 6.07) is 18.3. The molecule has 0 aliphatic carbocycles. The first kappa shape index (κ1) is 27.0. The molecule has 2 atom stereocenters. The Balaban J connectivity index is 0.00000171. The lowest BCUT2D eigenvalue weighted by Gasteiger charge is -2.40. The molecule has 9 heteroatoms. The zero-order valence-corrected chi connectivity index (χ0v) is 20.3. The quantitative estimate of drug-likeness (QED) is 0.409. The number of piperidine rings is 1. The molecule has 186 valence electrons. The van der Waals surface area contributed by atoms with Gasteiger partial charge in [-0.25, -0.2) is 0 Å². The number of hydrogen-bond donors (Lipinski definition) is 1. The van der Waals surface area contributed by atoms with Crippen molar-refractivity contribution in [3.05, 3.63) is 90.3 Å². The fourth-order valence-electron chi connectivity index (χ4n) is 4.75. The predicted octanol–water partition coefficient (Wildman–Crippen LogP) is 6.77. The molecule has 0 radical (unpaired) electrons. The van der Waals surface area contributed by atoms with E-state index in [4.69, 9.17) is 4.74 Å². The Bertz CT molecular complexity index is 1160. The van der Waals surface area contributed by atoms with Gasteiger partial charge in [0.2, 0.25) is 0 Å². The van der Waals surface area contributed by atoms with E-state index in [-0.39, 0.29) is 43.2 Å². The van der Waals surface area contributed by atoms with Crippen molar-refractivity contribution in [1.82, 2.24) is 10.3 Å². The van der Waals surface area contributed by atoms with Crippen LogP contribution < -0.4 is 10.1 Å². The van der Waals surface area contributed by atoms with Crippen molar-refractivity contribution in [2.75, 3.05) is 13.2 Å². The van der Waals surface area contributed by atoms with Crippen molar-refractivity contribution in [2.24, 2.45) is 0 Å². The van der Waals surface area contributed by atoms with Crippen molar-refractivity contribution in [1.29, 1.82) is 0 Å². The molecule has 2 aliphatic rings. The summed E-state index contributed by atoms with van der Waals surface area (Å²) in [4.78, 5) is 4.02. The van der Waals surface area contributed by atoms with Crippen LogP contribution in [0.4, 0.5) is 13.2 Å². The maximum atomic E-state index is 13.2. The van der Waals surface area contributed by atoms with Crippen molar-refractivity contribution in [3.63, 3.8) is 0 Å². The summed E-state index contributed by atoms with van der Waals surface area (Å²) in [5.74, 6) is -0.229. The number of halogens is 5. The second-order valence-electron chi connectivity index (χ2n) is 8.31. The van der Waals surface area contributed by atoms with E-state index in [1.807, 2.05) is 48.5 Å². The maximum Gasteiger partial charge on any atom is 0.573 e. The van der Waals surface area contributed by atoms with Gasteiger partial charge < -0.3 is 14.8 Å². The third-order valence-corrected chi connectivity index (χ3v) is 6.19. The molecule has 2 aliphatic heterocycles. The molecule has 0 unspecified atom stereocenters. The average molecular weight is 525 g/mol. The molecule has 0 amide bonds. The van der Waals surface area contributed by atoms with Gasteiger partial charge in [0.1, 0.15) is 11.4 Å². The van der Waals surface area contributed by atoms with Gasteiger partial charge in [-0.15, -0.1) is 38.0 Å². The van der Waals surface area contributed by atoms with E-state index >= 15 is 0 Å². The Labute approximate surface area is 214 Å². The third-order valence-electron chi connectivity index (χ3n) is 6.19. The standard InChI is InChI=1S/C26H23F3N2O2.2ClH/c27-26(28,29)33-23-8-7-20(18-9-13-30-14-10-18)15-22(23)21-16-25(32-17-21)11-4-12-31-24(25)19-5-2-1-3-6-19;;/h1-3,5-10,13-16,24,31H,4,11-12,17H2;2*1H/t24-,25+;;/m0../s1. The molecular formula is C26H25Cl2F3N2O2. The number of rotatable bonds is 4. The summed E-state index contributed by atoms with van der Waals surface area (Å²) in [6.45, 7) is 1.06. The molecule has 35 heavy (non-hydrogen) atoms. The molecule has 3 aromatic rings. The molecule has 1 saturated heterocycles. The van der Waals surface area contributed by atoms with Gasteiger partial charge in [-0.1, -0.05) is 36.4 Å². The van der Waals surface area contributed by atoms with Gasteiger partial charge in [0.15, 0.2) is 0 Å². The first-order valence-electron chi connectivity index (χ1n) is 10.9. The van der Waals surface area contributed by atoms with E-state index in [2.05, 4.69) is 15.0 Å². The molecule has 0 saturated carbocycles. The Hall–Kier alpha value is -2.58. The first-order valence-corrected chi connectivity index (χ1v) is 10.9. The maximum absolute atomic E-state index is 13.2. The lowest BCUT2D eigenvalue weighted by Crippen LogP contribution is -2.47. The fourth-order valence-corrected chi connectivity index (χ4v) is 4.75. The van der Waals surface area contributed by atoms with E-state index in [0.29, 0.717) is 11.1 Å². The number of pyridine rings is 1. The van der Waals surface area contributed by atoms with Gasteiger partial charge in [0.25, 0.3) is 0 Å². The molecule has 1 fully saturated rings. The van der Waals surface area contributed by atoms with E-state index in [0.717, 1.165) is 36.1 Å². The van der Waals surface area contributed by atoms with Gasteiger partial charge in [-0.3, -0.25) is 4.98 Å². The van der Waals surface area contributed by atoms with Crippen LogP contribution in [0.2, 0.25) is 0 Å². The number of alkyl halides is 3. The van der Waals surface area contributed by atoms with Gasteiger partial charge in [0.05, 0.1) is 12.6 Å². The number of nitrogens with one attached hydrogen (secondary N) is 1. The van der Waals surface area contributed by atoms with Crippen LogP contribution in [-0.4, -0.2) is 30.1 Å². The number of nitrogens with zero attached hydrogens (tertiary/aromatic N) is 1. The highest BCUT2D eigenvalue weighted by Gasteiger charge is 2.45. The zero-order chi connectivity index (χ0) is 22.9. The summed E-state index contributed by atoms with van der Waals surface area (Å²) >= 11 is 0. The predicted molar refractivity (Wildman–Crippen MR) is 134 cm³/mol. The molecule has 1 aromatic heterocycles. The van der Waals surface area contributed by atoms with Crippen molar-refractivity contribution >= 4 is 30.4 Å². The summed E-state index contributed by atoms with van der Waals surface area (Å²) in [5, 5.41) is 3.54. The minimum absolute atomic E-state index is 0. The largest absolute Gasteiger partial charge is 0.573 e. The summed E-state index contributed by atoms with van der Waals surface area (Å²) < 4.78 is 50.3. The van der Waals surface area contributed by atoms with Gasteiger partial charge in [0, 0.05) is 18.0 Å². The lowest BCUT2D eigenvalue weighted by atomic mass is 9.81. The van der Waals surface area contributed by atoms with Gasteiger partial charge >= 0.3 is 6.36 Å². The smallest absolute Gasteiger partial charge is 0.405 e. The first-order chi connectivity index (χ1) is 15.9. The highest BCUT2D eigenvalue weighted by molar-refractivity contribution is 5.85. The van der Waals surface area contributed by atoms with Crippen molar-refractivity contribution in [3.8, 4) is 16.9 Å². The van der Waals surface area contributed by atoms with Crippen LogP contribution in [0.3, 0.4) is 0 Å². The summed E-state index contributed by atoms with van der Waals surface area (Å²) in [6.07, 6.45) is 2.20. The van der Waals surface area contributed by atoms with E-state index in [1.54, 1.807) is 24.5 Å².